The molecule has 0 aliphatic rings. The summed E-state index contributed by atoms with van der Waals surface area (Å²) in [5.74, 6) is 0.967. The molecule has 0 radical (unpaired) electrons. The molecular weight excluding hydrogens is 224 g/mol. The van der Waals surface area contributed by atoms with E-state index in [4.69, 9.17) is 4.42 Å². The van der Waals surface area contributed by atoms with Crippen LogP contribution in [0.2, 0.25) is 0 Å². The summed E-state index contributed by atoms with van der Waals surface area (Å²) >= 11 is 0. The van der Waals surface area contributed by atoms with Crippen molar-refractivity contribution in [3.05, 3.63) is 60.1 Å². The van der Waals surface area contributed by atoms with Gasteiger partial charge in [0.15, 0.2) is 0 Å². The number of likely N-dealkylation sites (N-methyl/N-ethyl adjacent to an activating group) is 1. The standard InChI is InChI=1S/C15H20N2O/c1-17(2)12-15(13-7-4-3-5-8-13)16-11-14-9-6-10-18-14/h3-10,15-16H,11-12H2,1-2H3. The molecule has 0 bridgehead atoms. The summed E-state index contributed by atoms with van der Waals surface area (Å²) in [5.41, 5.74) is 1.30. The van der Waals surface area contributed by atoms with Gasteiger partial charge in [0, 0.05) is 12.6 Å². The molecule has 0 aliphatic heterocycles. The van der Waals surface area contributed by atoms with Crippen LogP contribution in [0.3, 0.4) is 0 Å². The van der Waals surface area contributed by atoms with Gasteiger partial charge in [-0.05, 0) is 31.8 Å². The highest BCUT2D eigenvalue weighted by Gasteiger charge is 2.12. The molecule has 18 heavy (non-hydrogen) atoms. The van der Waals surface area contributed by atoms with Crippen LogP contribution in [0.1, 0.15) is 17.4 Å². The third kappa shape index (κ3) is 3.72. The maximum atomic E-state index is 5.35. The van der Waals surface area contributed by atoms with E-state index in [-0.39, 0.29) is 0 Å². The van der Waals surface area contributed by atoms with E-state index in [0.717, 1.165) is 18.8 Å². The summed E-state index contributed by atoms with van der Waals surface area (Å²) in [6.45, 7) is 1.71. The Kier molecular flexibility index (Phi) is 4.56. The lowest BCUT2D eigenvalue weighted by molar-refractivity contribution is 0.332. The first kappa shape index (κ1) is 12.9. The van der Waals surface area contributed by atoms with Gasteiger partial charge >= 0.3 is 0 Å². The summed E-state index contributed by atoms with van der Waals surface area (Å²) < 4.78 is 5.35. The Morgan fingerprint density at radius 1 is 1.11 bits per heavy atom. The Morgan fingerprint density at radius 2 is 1.89 bits per heavy atom. The molecule has 2 aromatic rings. The van der Waals surface area contributed by atoms with Gasteiger partial charge in [-0.3, -0.25) is 0 Å². The molecule has 1 heterocycles. The fourth-order valence-corrected chi connectivity index (χ4v) is 1.98. The number of nitrogens with zero attached hydrogens (tertiary/aromatic N) is 1. The number of rotatable bonds is 6. The number of benzene rings is 1. The smallest absolute Gasteiger partial charge is 0.117 e. The highest BCUT2D eigenvalue weighted by atomic mass is 16.3. The second-order valence-electron chi connectivity index (χ2n) is 4.69. The molecule has 2 rings (SSSR count). The number of hydrogen-bond acceptors (Lipinski definition) is 3. The Morgan fingerprint density at radius 3 is 2.50 bits per heavy atom. The van der Waals surface area contributed by atoms with Crippen LogP contribution in [0.5, 0.6) is 0 Å². The van der Waals surface area contributed by atoms with Gasteiger partial charge in [0.25, 0.3) is 0 Å². The van der Waals surface area contributed by atoms with Crippen molar-refractivity contribution < 1.29 is 4.42 Å². The molecule has 0 fully saturated rings. The van der Waals surface area contributed by atoms with Crippen LogP contribution in [0.25, 0.3) is 0 Å². The Labute approximate surface area is 108 Å². The molecule has 1 aromatic heterocycles. The lowest BCUT2D eigenvalue weighted by Crippen LogP contribution is -2.30. The summed E-state index contributed by atoms with van der Waals surface area (Å²) in [4.78, 5) is 2.19. The van der Waals surface area contributed by atoms with E-state index >= 15 is 0 Å². The molecule has 1 N–H and O–H groups in total. The number of nitrogens with one attached hydrogen (secondary N) is 1. The van der Waals surface area contributed by atoms with Crippen LogP contribution >= 0.6 is 0 Å². The minimum atomic E-state index is 0.311. The molecule has 0 spiro atoms. The molecule has 0 saturated carbocycles. The molecule has 1 atom stereocenters. The van der Waals surface area contributed by atoms with E-state index in [0.29, 0.717) is 6.04 Å². The van der Waals surface area contributed by atoms with E-state index in [1.807, 2.05) is 18.2 Å². The van der Waals surface area contributed by atoms with Gasteiger partial charge in [-0.1, -0.05) is 30.3 Å². The molecule has 0 amide bonds. The van der Waals surface area contributed by atoms with Crippen molar-refractivity contribution in [3.8, 4) is 0 Å². The SMILES string of the molecule is CN(C)CC(NCc1ccco1)c1ccccc1. The third-order valence-electron chi connectivity index (χ3n) is 2.85. The van der Waals surface area contributed by atoms with Crippen LogP contribution in [0.15, 0.2) is 53.1 Å². The van der Waals surface area contributed by atoms with Gasteiger partial charge in [0.05, 0.1) is 12.8 Å². The molecule has 3 heteroatoms. The van der Waals surface area contributed by atoms with Crippen molar-refractivity contribution in [3.63, 3.8) is 0 Å². The first-order valence-corrected chi connectivity index (χ1v) is 6.21. The van der Waals surface area contributed by atoms with Gasteiger partial charge in [0.2, 0.25) is 0 Å². The van der Waals surface area contributed by atoms with Crippen molar-refractivity contribution in [2.45, 2.75) is 12.6 Å². The molecule has 1 aromatic carbocycles. The van der Waals surface area contributed by atoms with Gasteiger partial charge in [-0.2, -0.15) is 0 Å². The minimum absolute atomic E-state index is 0.311. The van der Waals surface area contributed by atoms with Crippen LogP contribution in [-0.2, 0) is 6.54 Å². The van der Waals surface area contributed by atoms with Crippen molar-refractivity contribution in [2.75, 3.05) is 20.6 Å². The van der Waals surface area contributed by atoms with Gasteiger partial charge in [-0.15, -0.1) is 0 Å². The van der Waals surface area contributed by atoms with Crippen LogP contribution < -0.4 is 5.32 Å². The Hall–Kier alpha value is -1.58. The van der Waals surface area contributed by atoms with Crippen molar-refractivity contribution in [1.82, 2.24) is 10.2 Å². The molecule has 0 saturated heterocycles. The monoisotopic (exact) mass is 244 g/mol. The number of hydrogen-bond donors (Lipinski definition) is 1. The normalized spacial score (nSPS) is 12.8. The summed E-state index contributed by atoms with van der Waals surface area (Å²) in [6, 6.07) is 14.7. The van der Waals surface area contributed by atoms with E-state index < -0.39 is 0 Å². The summed E-state index contributed by atoms with van der Waals surface area (Å²) in [5, 5.41) is 3.53. The topological polar surface area (TPSA) is 28.4 Å². The van der Waals surface area contributed by atoms with E-state index in [1.54, 1.807) is 6.26 Å². The van der Waals surface area contributed by atoms with Gasteiger partial charge in [-0.25, -0.2) is 0 Å². The Balaban J connectivity index is 2.01. The maximum absolute atomic E-state index is 5.35. The highest BCUT2D eigenvalue weighted by Crippen LogP contribution is 2.14. The molecule has 1 unspecified atom stereocenters. The van der Waals surface area contributed by atoms with Crippen LogP contribution in [-0.4, -0.2) is 25.5 Å². The van der Waals surface area contributed by atoms with Crippen molar-refractivity contribution >= 4 is 0 Å². The second kappa shape index (κ2) is 6.38. The fraction of sp³-hybridized carbons (Fsp3) is 0.333. The molecule has 0 aliphatic carbocycles. The lowest BCUT2D eigenvalue weighted by Gasteiger charge is -2.22. The van der Waals surface area contributed by atoms with E-state index in [2.05, 4.69) is 48.6 Å². The predicted molar refractivity (Wildman–Crippen MR) is 73.3 cm³/mol. The number of furan rings is 1. The largest absolute Gasteiger partial charge is 0.468 e. The van der Waals surface area contributed by atoms with Crippen molar-refractivity contribution in [1.29, 1.82) is 0 Å². The average molecular weight is 244 g/mol. The van der Waals surface area contributed by atoms with Crippen LogP contribution in [0, 0.1) is 0 Å². The zero-order valence-electron chi connectivity index (χ0n) is 11.0. The fourth-order valence-electron chi connectivity index (χ4n) is 1.98. The summed E-state index contributed by atoms with van der Waals surface area (Å²) in [6.07, 6.45) is 1.71. The highest BCUT2D eigenvalue weighted by molar-refractivity contribution is 5.19. The van der Waals surface area contributed by atoms with E-state index in [1.165, 1.54) is 5.56 Å². The minimum Gasteiger partial charge on any atom is -0.468 e. The molecule has 96 valence electrons. The average Bonchev–Trinajstić information content (AvgIpc) is 2.88. The third-order valence-corrected chi connectivity index (χ3v) is 2.85. The molecular formula is C15H20N2O. The zero-order valence-corrected chi connectivity index (χ0v) is 11.0. The predicted octanol–water partition coefficient (Wildman–Crippen LogP) is 2.67. The van der Waals surface area contributed by atoms with Crippen LogP contribution in [0.4, 0.5) is 0 Å². The Bertz CT molecular complexity index is 437. The van der Waals surface area contributed by atoms with Gasteiger partial charge < -0.3 is 14.6 Å². The maximum Gasteiger partial charge on any atom is 0.117 e. The van der Waals surface area contributed by atoms with Gasteiger partial charge in [0.1, 0.15) is 5.76 Å². The first-order valence-electron chi connectivity index (χ1n) is 6.21. The zero-order chi connectivity index (χ0) is 12.8. The lowest BCUT2D eigenvalue weighted by atomic mass is 10.1. The quantitative estimate of drug-likeness (QED) is 0.847. The molecule has 3 nitrogen and oxygen atoms in total. The second-order valence-corrected chi connectivity index (χ2v) is 4.69. The summed E-state index contributed by atoms with van der Waals surface area (Å²) in [7, 11) is 4.18. The first-order chi connectivity index (χ1) is 8.75. The van der Waals surface area contributed by atoms with Crippen molar-refractivity contribution in [2.24, 2.45) is 0 Å². The van der Waals surface area contributed by atoms with E-state index in [9.17, 15) is 0 Å².